The Bertz CT molecular complexity index is 471. The van der Waals surface area contributed by atoms with E-state index < -0.39 is 36.7 Å². The molecule has 1 unspecified atom stereocenters. The highest BCUT2D eigenvalue weighted by atomic mass is 32.2. The van der Waals surface area contributed by atoms with Crippen LogP contribution in [0.5, 0.6) is 0 Å². The number of rotatable bonds is 2. The summed E-state index contributed by atoms with van der Waals surface area (Å²) in [5, 5.41) is 0. The van der Waals surface area contributed by atoms with Gasteiger partial charge in [0.25, 0.3) is 0 Å². The lowest BCUT2D eigenvalue weighted by Crippen LogP contribution is -2.32. The van der Waals surface area contributed by atoms with Gasteiger partial charge in [-0.05, 0) is 6.08 Å². The molecule has 0 aromatic carbocycles. The summed E-state index contributed by atoms with van der Waals surface area (Å²) in [5.74, 6) is -0.537. The summed E-state index contributed by atoms with van der Waals surface area (Å²) >= 11 is 0. The SMILES string of the molecule is O=S1(=O)CC=CC1OS(=O)(=O)C(F)(F)F. The molecule has 10 heteroatoms. The summed E-state index contributed by atoms with van der Waals surface area (Å²) < 4.78 is 81.8. The van der Waals surface area contributed by atoms with E-state index in [0.29, 0.717) is 0 Å². The van der Waals surface area contributed by atoms with Gasteiger partial charge in [0, 0.05) is 0 Å². The van der Waals surface area contributed by atoms with E-state index in [4.69, 9.17) is 0 Å². The van der Waals surface area contributed by atoms with Crippen molar-refractivity contribution in [2.75, 3.05) is 5.75 Å². The molecule has 5 nitrogen and oxygen atoms in total. The summed E-state index contributed by atoms with van der Waals surface area (Å²) in [6.45, 7) is 0. The van der Waals surface area contributed by atoms with E-state index in [9.17, 15) is 30.0 Å². The molecule has 0 saturated heterocycles. The fourth-order valence-corrected chi connectivity index (χ4v) is 2.92. The van der Waals surface area contributed by atoms with E-state index in [1.165, 1.54) is 0 Å². The average Bonchev–Trinajstić information content (AvgIpc) is 2.27. The largest absolute Gasteiger partial charge is 0.523 e. The molecule has 0 aliphatic carbocycles. The van der Waals surface area contributed by atoms with Crippen molar-refractivity contribution in [1.82, 2.24) is 0 Å². The minimum atomic E-state index is -5.88. The van der Waals surface area contributed by atoms with Crippen molar-refractivity contribution >= 4 is 20.0 Å². The number of hydrogen-bond donors (Lipinski definition) is 0. The maximum Gasteiger partial charge on any atom is 0.523 e. The Labute approximate surface area is 83.6 Å². The summed E-state index contributed by atoms with van der Waals surface area (Å²) in [4.78, 5) is 0. The monoisotopic (exact) mass is 266 g/mol. The molecule has 0 aromatic rings. The molecule has 0 amide bonds. The molecule has 0 N–H and O–H groups in total. The summed E-state index contributed by atoms with van der Waals surface area (Å²) in [6, 6.07) is 0. The van der Waals surface area contributed by atoms with Crippen molar-refractivity contribution in [3.05, 3.63) is 12.2 Å². The maximum absolute atomic E-state index is 11.8. The predicted molar refractivity (Wildman–Crippen MR) is 42.8 cm³/mol. The van der Waals surface area contributed by atoms with Gasteiger partial charge in [0.15, 0.2) is 15.3 Å². The first-order valence-electron chi connectivity index (χ1n) is 3.44. The van der Waals surface area contributed by atoms with Gasteiger partial charge in [-0.2, -0.15) is 21.6 Å². The number of hydrogen-bond acceptors (Lipinski definition) is 5. The van der Waals surface area contributed by atoms with Gasteiger partial charge < -0.3 is 0 Å². The molecule has 15 heavy (non-hydrogen) atoms. The van der Waals surface area contributed by atoms with Crippen molar-refractivity contribution in [1.29, 1.82) is 0 Å². The van der Waals surface area contributed by atoms with Crippen LogP contribution in [-0.2, 0) is 24.1 Å². The molecule has 1 atom stereocenters. The third kappa shape index (κ3) is 2.49. The highest BCUT2D eigenvalue weighted by molar-refractivity contribution is 7.93. The first-order chi connectivity index (χ1) is 6.56. The Balaban J connectivity index is 2.94. The third-order valence-corrected chi connectivity index (χ3v) is 4.25. The lowest BCUT2D eigenvalue weighted by molar-refractivity contribution is -0.0542. The van der Waals surface area contributed by atoms with E-state index >= 15 is 0 Å². The summed E-state index contributed by atoms with van der Waals surface area (Å²) in [7, 11) is -9.88. The molecular formula is C5H5F3O5S2. The molecule has 0 spiro atoms. The van der Waals surface area contributed by atoms with Crippen molar-refractivity contribution in [2.24, 2.45) is 0 Å². The lowest BCUT2D eigenvalue weighted by Gasteiger charge is -2.11. The Kier molecular flexibility index (Phi) is 2.87. The van der Waals surface area contributed by atoms with Crippen LogP contribution in [-0.4, -0.2) is 33.5 Å². The second kappa shape index (κ2) is 3.46. The summed E-state index contributed by atoms with van der Waals surface area (Å²) in [5.41, 5.74) is -7.71. The highest BCUT2D eigenvalue weighted by Gasteiger charge is 2.50. The Morgan fingerprint density at radius 2 is 1.87 bits per heavy atom. The fourth-order valence-electron chi connectivity index (χ4n) is 0.787. The number of sulfone groups is 1. The van der Waals surface area contributed by atoms with E-state index in [1.54, 1.807) is 0 Å². The van der Waals surface area contributed by atoms with Crippen LogP contribution in [0.4, 0.5) is 13.2 Å². The van der Waals surface area contributed by atoms with E-state index in [0.717, 1.165) is 12.2 Å². The minimum Gasteiger partial charge on any atom is -0.239 e. The van der Waals surface area contributed by atoms with Crippen molar-refractivity contribution in [2.45, 2.75) is 10.9 Å². The van der Waals surface area contributed by atoms with Gasteiger partial charge in [-0.25, -0.2) is 12.6 Å². The molecule has 0 saturated carbocycles. The van der Waals surface area contributed by atoms with Gasteiger partial charge in [0.05, 0.1) is 5.75 Å². The molecule has 0 fully saturated rings. The molecule has 0 radical (unpaired) electrons. The minimum absolute atomic E-state index is 0.537. The van der Waals surface area contributed by atoms with Crippen molar-refractivity contribution in [3.63, 3.8) is 0 Å². The molecule has 0 aromatic heterocycles. The van der Waals surface area contributed by atoms with E-state index in [1.807, 2.05) is 0 Å². The van der Waals surface area contributed by atoms with Crippen LogP contribution in [0.3, 0.4) is 0 Å². The van der Waals surface area contributed by atoms with Crippen LogP contribution in [0.25, 0.3) is 0 Å². The zero-order valence-corrected chi connectivity index (χ0v) is 8.56. The number of halogens is 3. The molecule has 0 bridgehead atoms. The molecular weight excluding hydrogens is 261 g/mol. The first-order valence-corrected chi connectivity index (χ1v) is 6.56. The van der Waals surface area contributed by atoms with Gasteiger partial charge in [-0.15, -0.1) is 0 Å². The molecule has 1 aliphatic rings. The van der Waals surface area contributed by atoms with Crippen LogP contribution >= 0.6 is 0 Å². The maximum atomic E-state index is 11.8. The zero-order valence-electron chi connectivity index (χ0n) is 6.93. The van der Waals surface area contributed by atoms with Crippen molar-refractivity contribution in [3.8, 4) is 0 Å². The fraction of sp³-hybridized carbons (Fsp3) is 0.600. The highest BCUT2D eigenvalue weighted by Crippen LogP contribution is 2.28. The number of alkyl halides is 3. The Morgan fingerprint density at radius 3 is 2.20 bits per heavy atom. The van der Waals surface area contributed by atoms with Gasteiger partial charge >= 0.3 is 15.6 Å². The normalized spacial score (nSPS) is 25.7. The molecule has 1 heterocycles. The van der Waals surface area contributed by atoms with Crippen LogP contribution in [0.1, 0.15) is 0 Å². The first kappa shape index (κ1) is 12.5. The predicted octanol–water partition coefficient (Wildman–Crippen LogP) is 0.163. The van der Waals surface area contributed by atoms with Gasteiger partial charge in [-0.1, -0.05) is 6.08 Å². The van der Waals surface area contributed by atoms with E-state index in [-0.39, 0.29) is 0 Å². The second-order valence-electron chi connectivity index (χ2n) is 2.62. The zero-order chi connectivity index (χ0) is 11.9. The molecule has 88 valence electrons. The molecule has 1 aliphatic heterocycles. The molecule has 1 rings (SSSR count). The third-order valence-electron chi connectivity index (χ3n) is 1.48. The second-order valence-corrected chi connectivity index (χ2v) is 6.31. The summed E-state index contributed by atoms with van der Waals surface area (Å²) in [6.07, 6.45) is 1.77. The van der Waals surface area contributed by atoms with E-state index in [2.05, 4.69) is 4.18 Å². The lowest BCUT2D eigenvalue weighted by atomic mass is 10.6. The van der Waals surface area contributed by atoms with Gasteiger partial charge in [-0.3, -0.25) is 0 Å². The average molecular weight is 266 g/mol. The Morgan fingerprint density at radius 1 is 1.33 bits per heavy atom. The van der Waals surface area contributed by atoms with Crippen LogP contribution in [0.2, 0.25) is 0 Å². The quantitative estimate of drug-likeness (QED) is 0.404. The van der Waals surface area contributed by atoms with Crippen LogP contribution in [0.15, 0.2) is 12.2 Å². The van der Waals surface area contributed by atoms with Crippen LogP contribution < -0.4 is 0 Å². The van der Waals surface area contributed by atoms with Gasteiger partial charge in [0.1, 0.15) is 0 Å². The topological polar surface area (TPSA) is 77.5 Å². The Hall–Kier alpha value is -0.610. The van der Waals surface area contributed by atoms with Crippen LogP contribution in [0, 0.1) is 0 Å². The van der Waals surface area contributed by atoms with Crippen molar-refractivity contribution < 1.29 is 34.2 Å². The smallest absolute Gasteiger partial charge is 0.239 e. The standard InChI is InChI=1S/C5H5F3O5S2/c6-5(7,8)15(11,12)13-4-2-1-3-14(4,9)10/h1-2,4H,3H2. The van der Waals surface area contributed by atoms with Gasteiger partial charge in [0.2, 0.25) is 0 Å².